The minimum absolute atomic E-state index is 0.306. The van der Waals surface area contributed by atoms with E-state index in [1.165, 1.54) is 0 Å². The molecule has 0 bridgehead atoms. The molecule has 1 heterocycles. The Labute approximate surface area is 171 Å². The topological polar surface area (TPSA) is 49.3 Å². The molecule has 0 aliphatic carbocycles. The Bertz CT molecular complexity index is 1170. The fourth-order valence-electron chi connectivity index (χ4n) is 3.01. The summed E-state index contributed by atoms with van der Waals surface area (Å²) in [4.78, 5) is 4.49. The largest absolute Gasteiger partial charge is 0.436 e. The number of hydrogen-bond donors (Lipinski definition) is 0. The Balaban J connectivity index is 1.88. The van der Waals surface area contributed by atoms with Crippen LogP contribution in [0.15, 0.2) is 98.8 Å². The summed E-state index contributed by atoms with van der Waals surface area (Å²) in [7, 11) is 0. The van der Waals surface area contributed by atoms with Crippen LogP contribution in [-0.4, -0.2) is 6.21 Å². The number of hydrogen-bond acceptors (Lipinski definition) is 3. The molecule has 0 aliphatic rings. The highest BCUT2D eigenvalue weighted by Crippen LogP contribution is 2.42. The third kappa shape index (κ3) is 3.66. The van der Waals surface area contributed by atoms with Crippen LogP contribution in [0.2, 0.25) is 0 Å². The van der Waals surface area contributed by atoms with Gasteiger partial charge in [0.15, 0.2) is 0 Å². The van der Waals surface area contributed by atoms with E-state index in [2.05, 4.69) is 27.0 Å². The lowest BCUT2D eigenvalue weighted by atomic mass is 9.98. The highest BCUT2D eigenvalue weighted by molar-refractivity contribution is 9.10. The van der Waals surface area contributed by atoms with Crippen molar-refractivity contribution in [2.24, 2.45) is 4.99 Å². The zero-order valence-electron chi connectivity index (χ0n) is 14.8. The summed E-state index contributed by atoms with van der Waals surface area (Å²) < 4.78 is 7.06. The van der Waals surface area contributed by atoms with Crippen LogP contribution in [0, 0.1) is 11.3 Å². The number of furan rings is 1. The first-order valence-corrected chi connectivity index (χ1v) is 9.53. The van der Waals surface area contributed by atoms with Crippen LogP contribution in [-0.2, 0) is 0 Å². The van der Waals surface area contributed by atoms with Crippen molar-refractivity contribution in [2.75, 3.05) is 0 Å². The minimum atomic E-state index is 0.306. The van der Waals surface area contributed by atoms with E-state index in [4.69, 9.17) is 4.42 Å². The van der Waals surface area contributed by atoms with Gasteiger partial charge in [-0.15, -0.1) is 0 Å². The first-order chi connectivity index (χ1) is 13.8. The van der Waals surface area contributed by atoms with E-state index >= 15 is 0 Å². The summed E-state index contributed by atoms with van der Waals surface area (Å²) in [5, 5.41) is 9.87. The average molecular weight is 427 g/mol. The van der Waals surface area contributed by atoms with Gasteiger partial charge in [0.05, 0.1) is 0 Å². The Morgan fingerprint density at radius 2 is 1.54 bits per heavy atom. The van der Waals surface area contributed by atoms with Gasteiger partial charge in [0.25, 0.3) is 0 Å². The third-order valence-corrected chi connectivity index (χ3v) is 4.77. The van der Waals surface area contributed by atoms with Gasteiger partial charge < -0.3 is 4.42 Å². The van der Waals surface area contributed by atoms with Crippen molar-refractivity contribution >= 4 is 28.0 Å². The molecular formula is C24H15BrN2O. The lowest BCUT2D eigenvalue weighted by Gasteiger charge is -2.03. The molecule has 0 N–H and O–H groups in total. The zero-order chi connectivity index (χ0) is 19.3. The van der Waals surface area contributed by atoms with E-state index in [9.17, 15) is 5.26 Å². The summed E-state index contributed by atoms with van der Waals surface area (Å²) in [5.74, 6) is 0.949. The molecule has 0 fully saturated rings. The van der Waals surface area contributed by atoms with Gasteiger partial charge in [-0.05, 0) is 23.3 Å². The van der Waals surface area contributed by atoms with Crippen molar-refractivity contribution in [3.63, 3.8) is 0 Å². The van der Waals surface area contributed by atoms with Crippen molar-refractivity contribution in [3.05, 3.63) is 101 Å². The molecule has 3 nitrogen and oxygen atoms in total. The Morgan fingerprint density at radius 1 is 0.857 bits per heavy atom. The summed E-state index contributed by atoms with van der Waals surface area (Å²) in [5.41, 5.74) is 3.93. The maximum absolute atomic E-state index is 9.87. The van der Waals surface area contributed by atoms with Gasteiger partial charge in [0.1, 0.15) is 17.4 Å². The summed E-state index contributed by atoms with van der Waals surface area (Å²) in [6.07, 6.45) is 1.70. The normalized spacial score (nSPS) is 10.9. The Kier molecular flexibility index (Phi) is 5.18. The van der Waals surface area contributed by atoms with Gasteiger partial charge in [-0.25, -0.2) is 4.99 Å². The standard InChI is InChI=1S/C24H15BrN2O/c25-20-13-7-8-17(14-20)16-27-24-21(15-26)22(18-9-3-1-4-10-18)23(28-24)19-11-5-2-6-12-19/h1-14,16H. The first kappa shape index (κ1) is 18.0. The van der Waals surface area contributed by atoms with Crippen LogP contribution in [0.5, 0.6) is 0 Å². The molecule has 0 spiro atoms. The molecule has 0 aliphatic heterocycles. The highest BCUT2D eigenvalue weighted by Gasteiger charge is 2.22. The second kappa shape index (κ2) is 8.08. The van der Waals surface area contributed by atoms with Crippen LogP contribution in [0.4, 0.5) is 5.88 Å². The summed E-state index contributed by atoms with van der Waals surface area (Å²) in [6, 6.07) is 29.6. The number of halogens is 1. The van der Waals surface area contributed by atoms with E-state index in [-0.39, 0.29) is 0 Å². The first-order valence-electron chi connectivity index (χ1n) is 8.73. The molecule has 0 saturated heterocycles. The van der Waals surface area contributed by atoms with Crippen molar-refractivity contribution in [2.45, 2.75) is 0 Å². The molecule has 0 radical (unpaired) electrons. The summed E-state index contributed by atoms with van der Waals surface area (Å²) >= 11 is 3.46. The van der Waals surface area contributed by atoms with E-state index in [1.54, 1.807) is 6.21 Å². The van der Waals surface area contributed by atoms with Gasteiger partial charge in [0.2, 0.25) is 5.88 Å². The van der Waals surface area contributed by atoms with Crippen molar-refractivity contribution in [3.8, 4) is 28.5 Å². The Hall–Kier alpha value is -3.42. The second-order valence-corrected chi connectivity index (χ2v) is 7.06. The number of benzene rings is 3. The van der Waals surface area contributed by atoms with Gasteiger partial charge in [-0.2, -0.15) is 5.26 Å². The maximum Gasteiger partial charge on any atom is 0.238 e. The smallest absolute Gasteiger partial charge is 0.238 e. The van der Waals surface area contributed by atoms with Gasteiger partial charge in [-0.1, -0.05) is 88.7 Å². The molecule has 4 rings (SSSR count). The van der Waals surface area contributed by atoms with E-state index < -0.39 is 0 Å². The maximum atomic E-state index is 9.87. The van der Waals surface area contributed by atoms with Gasteiger partial charge >= 0.3 is 0 Å². The Morgan fingerprint density at radius 3 is 2.18 bits per heavy atom. The number of nitrogens with zero attached hydrogens (tertiary/aromatic N) is 2. The molecule has 3 aromatic carbocycles. The predicted molar refractivity (Wildman–Crippen MR) is 116 cm³/mol. The van der Waals surface area contributed by atoms with Crippen LogP contribution in [0.1, 0.15) is 11.1 Å². The van der Waals surface area contributed by atoms with Gasteiger partial charge in [-0.3, -0.25) is 0 Å². The number of rotatable bonds is 4. The van der Waals surface area contributed by atoms with Crippen molar-refractivity contribution in [1.82, 2.24) is 0 Å². The molecule has 0 amide bonds. The van der Waals surface area contributed by atoms with E-state index in [1.807, 2.05) is 84.9 Å². The van der Waals surface area contributed by atoms with Crippen LogP contribution in [0.25, 0.3) is 22.5 Å². The van der Waals surface area contributed by atoms with E-state index in [0.29, 0.717) is 17.2 Å². The minimum Gasteiger partial charge on any atom is -0.436 e. The van der Waals surface area contributed by atoms with Gasteiger partial charge in [0, 0.05) is 21.8 Å². The fraction of sp³-hybridized carbons (Fsp3) is 0. The average Bonchev–Trinajstić information content (AvgIpc) is 3.12. The van der Waals surface area contributed by atoms with Crippen LogP contribution < -0.4 is 0 Å². The number of aliphatic imine (C=N–C) groups is 1. The van der Waals surface area contributed by atoms with E-state index in [0.717, 1.165) is 26.7 Å². The molecule has 28 heavy (non-hydrogen) atoms. The molecule has 1 aromatic heterocycles. The lowest BCUT2D eigenvalue weighted by molar-refractivity contribution is 0.593. The SMILES string of the molecule is N#Cc1c(N=Cc2cccc(Br)c2)oc(-c2ccccc2)c1-c1ccccc1. The second-order valence-electron chi connectivity index (χ2n) is 6.14. The summed E-state index contributed by atoms with van der Waals surface area (Å²) in [6.45, 7) is 0. The van der Waals surface area contributed by atoms with Crippen molar-refractivity contribution in [1.29, 1.82) is 5.26 Å². The monoisotopic (exact) mass is 426 g/mol. The molecular weight excluding hydrogens is 412 g/mol. The van der Waals surface area contributed by atoms with Crippen LogP contribution >= 0.6 is 15.9 Å². The molecule has 4 aromatic rings. The lowest BCUT2D eigenvalue weighted by Crippen LogP contribution is -1.83. The van der Waals surface area contributed by atoms with Crippen LogP contribution in [0.3, 0.4) is 0 Å². The number of nitriles is 1. The molecule has 0 atom stereocenters. The predicted octanol–water partition coefficient (Wildman–Crippen LogP) is 7.00. The fourth-order valence-corrected chi connectivity index (χ4v) is 3.42. The third-order valence-electron chi connectivity index (χ3n) is 4.28. The molecule has 4 heteroatoms. The quantitative estimate of drug-likeness (QED) is 0.329. The zero-order valence-corrected chi connectivity index (χ0v) is 16.4. The highest BCUT2D eigenvalue weighted by atomic mass is 79.9. The van der Waals surface area contributed by atoms with Crippen molar-refractivity contribution < 1.29 is 4.42 Å². The molecule has 0 saturated carbocycles. The molecule has 0 unspecified atom stereocenters. The molecule has 134 valence electrons.